The van der Waals surface area contributed by atoms with Crippen LogP contribution in [0.5, 0.6) is 0 Å². The first-order valence-electron chi connectivity index (χ1n) is 19.6. The number of rotatable bonds is 7. The van der Waals surface area contributed by atoms with Crippen LogP contribution in [0.2, 0.25) is 0 Å². The van der Waals surface area contributed by atoms with E-state index in [1.807, 2.05) is 0 Å². The molecule has 0 unspecified atom stereocenters. The van der Waals surface area contributed by atoms with Gasteiger partial charge in [0.2, 0.25) is 0 Å². The summed E-state index contributed by atoms with van der Waals surface area (Å²) in [6.45, 7) is 0. The van der Waals surface area contributed by atoms with Gasteiger partial charge in [-0.3, -0.25) is 0 Å². The molecule has 1 heterocycles. The normalized spacial score (nSPS) is 12.7. The zero-order chi connectivity index (χ0) is 37.8. The Morgan fingerprint density at radius 1 is 0.316 bits per heavy atom. The van der Waals surface area contributed by atoms with E-state index in [0.717, 1.165) is 50.1 Å². The van der Waals surface area contributed by atoms with Gasteiger partial charge >= 0.3 is 0 Å². The number of benzene rings is 9. The van der Waals surface area contributed by atoms with Crippen LogP contribution in [0.4, 0.5) is 17.1 Å². The molecule has 0 saturated carbocycles. The summed E-state index contributed by atoms with van der Waals surface area (Å²) in [6, 6.07) is 80.8. The first-order chi connectivity index (χ1) is 28.3. The molecule has 0 aliphatic heterocycles. The average molecular weight is 728 g/mol. The minimum Gasteiger partial charge on any atom is -0.456 e. The van der Waals surface area contributed by atoms with E-state index in [9.17, 15) is 0 Å². The molecule has 2 heteroatoms. The summed E-state index contributed by atoms with van der Waals surface area (Å²) in [7, 11) is 0. The highest BCUT2D eigenvalue weighted by Gasteiger charge is 2.46. The molecule has 9 aromatic carbocycles. The van der Waals surface area contributed by atoms with Crippen LogP contribution in [-0.4, -0.2) is 0 Å². The predicted octanol–water partition coefficient (Wildman–Crippen LogP) is 14.8. The van der Waals surface area contributed by atoms with Gasteiger partial charge in [0.05, 0.1) is 5.41 Å². The van der Waals surface area contributed by atoms with Crippen molar-refractivity contribution in [3.8, 4) is 33.4 Å². The van der Waals surface area contributed by atoms with Gasteiger partial charge < -0.3 is 9.32 Å². The Bertz CT molecular complexity index is 2980. The lowest BCUT2D eigenvalue weighted by Crippen LogP contribution is -2.28. The number of anilines is 3. The van der Waals surface area contributed by atoms with Crippen molar-refractivity contribution in [1.82, 2.24) is 0 Å². The number of furan rings is 1. The van der Waals surface area contributed by atoms with Crippen LogP contribution in [0.3, 0.4) is 0 Å². The number of fused-ring (bicyclic) bond motifs is 6. The van der Waals surface area contributed by atoms with Gasteiger partial charge in [-0.25, -0.2) is 0 Å². The molecule has 11 rings (SSSR count). The van der Waals surface area contributed by atoms with E-state index >= 15 is 0 Å². The average Bonchev–Trinajstić information content (AvgIpc) is 3.80. The van der Waals surface area contributed by atoms with E-state index in [4.69, 9.17) is 4.42 Å². The van der Waals surface area contributed by atoms with Gasteiger partial charge in [-0.1, -0.05) is 164 Å². The second-order valence-electron chi connectivity index (χ2n) is 14.9. The maximum Gasteiger partial charge on any atom is 0.136 e. The van der Waals surface area contributed by atoms with Crippen LogP contribution < -0.4 is 4.90 Å². The van der Waals surface area contributed by atoms with Crippen molar-refractivity contribution in [2.45, 2.75) is 5.41 Å². The molecular formula is C55H37NO. The molecule has 0 atom stereocenters. The van der Waals surface area contributed by atoms with E-state index in [1.54, 1.807) is 0 Å². The van der Waals surface area contributed by atoms with Crippen LogP contribution in [0, 0.1) is 0 Å². The minimum absolute atomic E-state index is 0.466. The molecule has 1 aromatic heterocycles. The summed E-state index contributed by atoms with van der Waals surface area (Å²) in [5, 5.41) is 2.26. The second kappa shape index (κ2) is 13.4. The molecule has 1 aliphatic rings. The molecular weight excluding hydrogens is 691 g/mol. The SMILES string of the molecule is c1ccc(-c2ccc(N(c3ccccc3)c3ccc(-c4ccc5c(c4)oc4cc6c(cc45)-c4ccccc4C6(c4ccccc4)c4ccccc4)cc3)cc2)cc1. The summed E-state index contributed by atoms with van der Waals surface area (Å²) in [5.41, 5.74) is 16.9. The summed E-state index contributed by atoms with van der Waals surface area (Å²) in [6.07, 6.45) is 0. The van der Waals surface area contributed by atoms with Crippen LogP contribution in [0.15, 0.2) is 229 Å². The van der Waals surface area contributed by atoms with Gasteiger partial charge in [0, 0.05) is 27.8 Å². The Hall–Kier alpha value is -7.42. The lowest BCUT2D eigenvalue weighted by Gasteiger charge is -2.33. The molecule has 0 spiro atoms. The van der Waals surface area contributed by atoms with Crippen LogP contribution in [0.1, 0.15) is 22.3 Å². The predicted molar refractivity (Wildman–Crippen MR) is 237 cm³/mol. The fourth-order valence-corrected chi connectivity index (χ4v) is 9.15. The number of para-hydroxylation sites is 1. The molecule has 57 heavy (non-hydrogen) atoms. The monoisotopic (exact) mass is 727 g/mol. The quantitative estimate of drug-likeness (QED) is 0.163. The Morgan fingerprint density at radius 3 is 1.42 bits per heavy atom. The number of hydrogen-bond acceptors (Lipinski definition) is 2. The first-order valence-corrected chi connectivity index (χ1v) is 19.6. The highest BCUT2D eigenvalue weighted by molar-refractivity contribution is 6.09. The van der Waals surface area contributed by atoms with Gasteiger partial charge in [-0.2, -0.15) is 0 Å². The maximum atomic E-state index is 6.81. The zero-order valence-corrected chi connectivity index (χ0v) is 31.2. The van der Waals surface area contributed by atoms with Crippen molar-refractivity contribution >= 4 is 39.0 Å². The Morgan fingerprint density at radius 2 is 0.789 bits per heavy atom. The first kappa shape index (κ1) is 33.0. The topological polar surface area (TPSA) is 16.4 Å². The highest BCUT2D eigenvalue weighted by Crippen LogP contribution is 2.57. The van der Waals surface area contributed by atoms with Gasteiger partial charge in [0.25, 0.3) is 0 Å². The van der Waals surface area contributed by atoms with Crippen molar-refractivity contribution in [3.63, 3.8) is 0 Å². The fraction of sp³-hybridized carbons (Fsp3) is 0.0182. The summed E-state index contributed by atoms with van der Waals surface area (Å²) >= 11 is 0. The molecule has 0 fully saturated rings. The Balaban J connectivity index is 0.990. The van der Waals surface area contributed by atoms with Gasteiger partial charge in [0.1, 0.15) is 11.2 Å². The van der Waals surface area contributed by atoms with Gasteiger partial charge in [-0.15, -0.1) is 0 Å². The highest BCUT2D eigenvalue weighted by atomic mass is 16.3. The third-order valence-electron chi connectivity index (χ3n) is 11.8. The molecule has 10 aromatic rings. The third kappa shape index (κ3) is 5.33. The van der Waals surface area contributed by atoms with E-state index in [2.05, 4.69) is 229 Å². The van der Waals surface area contributed by atoms with E-state index in [0.29, 0.717) is 0 Å². The maximum absolute atomic E-state index is 6.81. The summed E-state index contributed by atoms with van der Waals surface area (Å²) in [4.78, 5) is 2.31. The van der Waals surface area contributed by atoms with Gasteiger partial charge in [-0.05, 0) is 116 Å². The summed E-state index contributed by atoms with van der Waals surface area (Å²) in [5.74, 6) is 0. The molecule has 268 valence electrons. The smallest absolute Gasteiger partial charge is 0.136 e. The van der Waals surface area contributed by atoms with Crippen LogP contribution in [-0.2, 0) is 5.41 Å². The lowest BCUT2D eigenvalue weighted by molar-refractivity contribution is 0.666. The molecule has 0 radical (unpaired) electrons. The molecule has 0 amide bonds. The third-order valence-corrected chi connectivity index (χ3v) is 11.8. The van der Waals surface area contributed by atoms with Gasteiger partial charge in [0.15, 0.2) is 0 Å². The number of nitrogens with zero attached hydrogens (tertiary/aromatic N) is 1. The van der Waals surface area contributed by atoms with Crippen molar-refractivity contribution in [2.75, 3.05) is 4.90 Å². The zero-order valence-electron chi connectivity index (χ0n) is 31.2. The van der Waals surface area contributed by atoms with Crippen molar-refractivity contribution in [1.29, 1.82) is 0 Å². The van der Waals surface area contributed by atoms with Crippen LogP contribution in [0.25, 0.3) is 55.3 Å². The number of hydrogen-bond donors (Lipinski definition) is 0. The lowest BCUT2D eigenvalue weighted by atomic mass is 9.67. The van der Waals surface area contributed by atoms with Crippen molar-refractivity contribution in [2.24, 2.45) is 0 Å². The second-order valence-corrected chi connectivity index (χ2v) is 14.9. The van der Waals surface area contributed by atoms with E-state index in [1.165, 1.54) is 44.5 Å². The van der Waals surface area contributed by atoms with Crippen LogP contribution >= 0.6 is 0 Å². The van der Waals surface area contributed by atoms with E-state index < -0.39 is 5.41 Å². The Kier molecular flexibility index (Phi) is 7.75. The largest absolute Gasteiger partial charge is 0.456 e. The van der Waals surface area contributed by atoms with E-state index in [-0.39, 0.29) is 0 Å². The molecule has 0 bridgehead atoms. The fourth-order valence-electron chi connectivity index (χ4n) is 9.15. The summed E-state index contributed by atoms with van der Waals surface area (Å²) < 4.78 is 6.81. The molecule has 0 saturated heterocycles. The van der Waals surface area contributed by atoms with Crippen molar-refractivity contribution < 1.29 is 4.42 Å². The Labute approximate surface area is 332 Å². The molecule has 1 aliphatic carbocycles. The minimum atomic E-state index is -0.466. The molecule has 0 N–H and O–H groups in total. The molecule has 2 nitrogen and oxygen atoms in total. The standard InChI is InChI=1S/C55H37NO/c1-5-15-38(16-6-1)39-25-30-45(31-26-39)56(44-21-11-4-12-22-44)46-32-27-40(28-33-46)41-29-34-48-50-36-49-47-23-13-14-24-51(47)55(42-17-7-2-8-18-42,43-19-9-3-10-20-43)52(49)37-54(50)57-53(48)35-41/h1-37H. The van der Waals surface area contributed by atoms with Crippen molar-refractivity contribution in [3.05, 3.63) is 247 Å².